The third-order valence-corrected chi connectivity index (χ3v) is 6.47. The van der Waals surface area contributed by atoms with E-state index in [2.05, 4.69) is 17.6 Å². The van der Waals surface area contributed by atoms with Gasteiger partial charge in [0.1, 0.15) is 11.2 Å². The van der Waals surface area contributed by atoms with E-state index in [0.717, 1.165) is 59.8 Å². The largest absolute Gasteiger partial charge is 0.347 e. The van der Waals surface area contributed by atoms with Gasteiger partial charge in [-0.15, -0.1) is 4.73 Å². The zero-order valence-corrected chi connectivity index (χ0v) is 19.1. The number of aromatic nitrogens is 3. The standard InChI is InChI=1S/C26H28N4O3/c1-3-17-7-5-10-20-21(15-29(25(17)20)12-6-11-27)24-26(32)30(33-16(2)31)23-14-19-9-4-8-18(19)13-22(23)28-24/h5,7,10,13-15H,3-4,6,8-9,11-12,27H2,1-2H3. The second-order valence-electron chi connectivity index (χ2n) is 8.65. The van der Waals surface area contributed by atoms with Gasteiger partial charge in [0, 0.05) is 30.6 Å². The van der Waals surface area contributed by atoms with Crippen LogP contribution in [0.15, 0.2) is 41.3 Å². The van der Waals surface area contributed by atoms with Crippen LogP contribution in [-0.4, -0.2) is 26.8 Å². The lowest BCUT2D eigenvalue weighted by molar-refractivity contribution is -0.141. The number of carbonyl (C=O) groups excluding carboxylic acids is 1. The van der Waals surface area contributed by atoms with Crippen molar-refractivity contribution in [3.05, 3.63) is 63.6 Å². The van der Waals surface area contributed by atoms with Crippen LogP contribution in [0.25, 0.3) is 33.2 Å². The van der Waals surface area contributed by atoms with Gasteiger partial charge in [0.25, 0.3) is 0 Å². The molecule has 1 aliphatic rings. The molecule has 2 heterocycles. The average Bonchev–Trinajstić information content (AvgIpc) is 3.42. The molecule has 0 fully saturated rings. The Hall–Kier alpha value is -3.45. The number of fused-ring (bicyclic) bond motifs is 3. The number of carbonyl (C=O) groups is 1. The van der Waals surface area contributed by atoms with Crippen molar-refractivity contribution in [3.8, 4) is 11.3 Å². The Morgan fingerprint density at radius 2 is 2.00 bits per heavy atom. The molecule has 0 bridgehead atoms. The molecule has 2 aromatic carbocycles. The summed E-state index contributed by atoms with van der Waals surface area (Å²) in [7, 11) is 0. The van der Waals surface area contributed by atoms with Gasteiger partial charge in [0.15, 0.2) is 0 Å². The van der Waals surface area contributed by atoms with Gasteiger partial charge in [-0.2, -0.15) is 0 Å². The van der Waals surface area contributed by atoms with Crippen LogP contribution < -0.4 is 16.1 Å². The molecule has 33 heavy (non-hydrogen) atoms. The summed E-state index contributed by atoms with van der Waals surface area (Å²) in [5.74, 6) is -0.547. The first-order valence-corrected chi connectivity index (χ1v) is 11.6. The lowest BCUT2D eigenvalue weighted by atomic mass is 10.0. The smallest absolute Gasteiger partial charge is 0.330 e. The van der Waals surface area contributed by atoms with Crippen molar-refractivity contribution in [2.75, 3.05) is 6.54 Å². The summed E-state index contributed by atoms with van der Waals surface area (Å²) in [6.45, 7) is 4.76. The van der Waals surface area contributed by atoms with Crippen LogP contribution in [0.3, 0.4) is 0 Å². The maximum atomic E-state index is 13.6. The molecule has 170 valence electrons. The second kappa shape index (κ2) is 8.48. The molecule has 1 aliphatic carbocycles. The topological polar surface area (TPSA) is 92.1 Å². The number of benzene rings is 2. The Bertz CT molecular complexity index is 1450. The molecule has 7 nitrogen and oxygen atoms in total. The minimum atomic E-state index is -0.547. The van der Waals surface area contributed by atoms with Crippen LogP contribution in [-0.2, 0) is 30.6 Å². The van der Waals surface area contributed by atoms with Gasteiger partial charge in [-0.3, -0.25) is 4.79 Å². The third kappa shape index (κ3) is 3.62. The van der Waals surface area contributed by atoms with Crippen LogP contribution in [0, 0.1) is 0 Å². The first kappa shape index (κ1) is 21.4. The summed E-state index contributed by atoms with van der Waals surface area (Å²) in [6.07, 6.45) is 6.71. The molecule has 0 radical (unpaired) electrons. The summed E-state index contributed by atoms with van der Waals surface area (Å²) in [6, 6.07) is 10.1. The molecule has 4 aromatic rings. The lowest BCUT2D eigenvalue weighted by Crippen LogP contribution is -2.31. The zero-order valence-electron chi connectivity index (χ0n) is 19.1. The quantitative estimate of drug-likeness (QED) is 0.492. The highest BCUT2D eigenvalue weighted by molar-refractivity contribution is 5.97. The SMILES string of the molecule is CCc1cccc2c(-c3nc4cc5c(cc4n(OC(C)=O)c3=O)CCC5)cn(CCCN)c12. The van der Waals surface area contributed by atoms with Crippen molar-refractivity contribution in [2.45, 2.75) is 52.5 Å². The van der Waals surface area contributed by atoms with Gasteiger partial charge < -0.3 is 15.1 Å². The van der Waals surface area contributed by atoms with Crippen LogP contribution in [0.2, 0.25) is 0 Å². The van der Waals surface area contributed by atoms with Gasteiger partial charge in [0.2, 0.25) is 0 Å². The van der Waals surface area contributed by atoms with Gasteiger partial charge >= 0.3 is 11.5 Å². The monoisotopic (exact) mass is 444 g/mol. The van der Waals surface area contributed by atoms with E-state index >= 15 is 0 Å². The number of hydrogen-bond donors (Lipinski definition) is 1. The van der Waals surface area contributed by atoms with Gasteiger partial charge in [-0.1, -0.05) is 25.1 Å². The predicted molar refractivity (Wildman–Crippen MR) is 129 cm³/mol. The predicted octanol–water partition coefficient (Wildman–Crippen LogP) is 3.39. The fourth-order valence-electron chi connectivity index (χ4n) is 4.97. The van der Waals surface area contributed by atoms with Gasteiger partial charge in [-0.25, -0.2) is 9.78 Å². The Balaban J connectivity index is 1.82. The molecule has 0 unspecified atom stereocenters. The summed E-state index contributed by atoms with van der Waals surface area (Å²) in [4.78, 5) is 35.8. The van der Waals surface area contributed by atoms with E-state index in [-0.39, 0.29) is 5.69 Å². The van der Waals surface area contributed by atoms with E-state index in [1.54, 1.807) is 0 Å². The van der Waals surface area contributed by atoms with Crippen molar-refractivity contribution in [2.24, 2.45) is 5.73 Å². The number of aryl methyl sites for hydroxylation is 4. The fourth-order valence-corrected chi connectivity index (χ4v) is 4.97. The molecule has 2 N–H and O–H groups in total. The van der Waals surface area contributed by atoms with Crippen molar-refractivity contribution in [1.29, 1.82) is 0 Å². The molecule has 7 heteroatoms. The van der Waals surface area contributed by atoms with E-state index in [1.807, 2.05) is 30.5 Å². The maximum Gasteiger partial charge on any atom is 0.330 e. The van der Waals surface area contributed by atoms with E-state index in [0.29, 0.717) is 17.6 Å². The van der Waals surface area contributed by atoms with Crippen molar-refractivity contribution >= 4 is 27.9 Å². The lowest BCUT2D eigenvalue weighted by Gasteiger charge is -2.12. The Labute approximate surface area is 191 Å². The summed E-state index contributed by atoms with van der Waals surface area (Å²) in [5.41, 5.74) is 12.3. The summed E-state index contributed by atoms with van der Waals surface area (Å²) < 4.78 is 3.28. The molecule has 0 saturated carbocycles. The number of para-hydroxylation sites is 1. The molecule has 0 aliphatic heterocycles. The minimum absolute atomic E-state index is 0.284. The summed E-state index contributed by atoms with van der Waals surface area (Å²) >= 11 is 0. The number of rotatable bonds is 6. The molecule has 2 aromatic heterocycles. The molecule has 0 spiro atoms. The van der Waals surface area contributed by atoms with Crippen LogP contribution in [0.4, 0.5) is 0 Å². The third-order valence-electron chi connectivity index (χ3n) is 6.47. The first-order chi connectivity index (χ1) is 16.0. The molecule has 0 saturated heterocycles. The maximum absolute atomic E-state index is 13.6. The average molecular weight is 445 g/mol. The van der Waals surface area contributed by atoms with Gasteiger partial charge in [0.05, 0.1) is 11.0 Å². The summed E-state index contributed by atoms with van der Waals surface area (Å²) in [5, 5.41) is 0.964. The first-order valence-electron chi connectivity index (χ1n) is 11.6. The van der Waals surface area contributed by atoms with Crippen molar-refractivity contribution in [3.63, 3.8) is 0 Å². The molecular weight excluding hydrogens is 416 g/mol. The van der Waals surface area contributed by atoms with Crippen molar-refractivity contribution in [1.82, 2.24) is 14.3 Å². The second-order valence-corrected chi connectivity index (χ2v) is 8.65. The van der Waals surface area contributed by atoms with Crippen LogP contribution >= 0.6 is 0 Å². The molecule has 0 atom stereocenters. The van der Waals surface area contributed by atoms with Crippen LogP contribution in [0.5, 0.6) is 0 Å². The Morgan fingerprint density at radius 1 is 1.21 bits per heavy atom. The van der Waals surface area contributed by atoms with Crippen LogP contribution in [0.1, 0.15) is 43.4 Å². The molecular formula is C26H28N4O3. The van der Waals surface area contributed by atoms with E-state index in [4.69, 9.17) is 15.6 Å². The van der Waals surface area contributed by atoms with E-state index < -0.39 is 11.5 Å². The number of nitrogens with zero attached hydrogens (tertiary/aromatic N) is 3. The highest BCUT2D eigenvalue weighted by atomic mass is 16.7. The Kier molecular flexibility index (Phi) is 5.50. The highest BCUT2D eigenvalue weighted by Crippen LogP contribution is 2.32. The Morgan fingerprint density at radius 3 is 2.73 bits per heavy atom. The normalized spacial score (nSPS) is 13.1. The zero-order chi connectivity index (χ0) is 23.1. The van der Waals surface area contributed by atoms with E-state index in [1.165, 1.54) is 23.6 Å². The number of hydrogen-bond acceptors (Lipinski definition) is 5. The van der Waals surface area contributed by atoms with Gasteiger partial charge in [-0.05, 0) is 67.5 Å². The minimum Gasteiger partial charge on any atom is -0.347 e. The van der Waals surface area contributed by atoms with Crippen molar-refractivity contribution < 1.29 is 9.63 Å². The molecule has 5 rings (SSSR count). The highest BCUT2D eigenvalue weighted by Gasteiger charge is 2.22. The number of nitrogens with two attached hydrogens (primary N) is 1. The van der Waals surface area contributed by atoms with E-state index in [9.17, 15) is 9.59 Å². The fraction of sp³-hybridized carbons (Fsp3) is 0.346. The molecule has 0 amide bonds.